The smallest absolute Gasteiger partial charge is 0.295 e. The van der Waals surface area contributed by atoms with E-state index in [4.69, 9.17) is 9.47 Å². The predicted octanol–water partition coefficient (Wildman–Crippen LogP) is 5.45. The number of likely N-dealkylation sites (tertiary alicyclic amines) is 1. The Bertz CT molecular complexity index is 1030. The van der Waals surface area contributed by atoms with Crippen LogP contribution in [-0.4, -0.2) is 48.6 Å². The summed E-state index contributed by atoms with van der Waals surface area (Å²) in [7, 11) is 1.60. The molecule has 34 heavy (non-hydrogen) atoms. The van der Waals surface area contributed by atoms with Crippen molar-refractivity contribution in [2.24, 2.45) is 0 Å². The van der Waals surface area contributed by atoms with E-state index >= 15 is 0 Å². The van der Waals surface area contributed by atoms with Crippen molar-refractivity contribution >= 4 is 17.4 Å². The maximum Gasteiger partial charge on any atom is 0.295 e. The first-order chi connectivity index (χ1) is 16.4. The lowest BCUT2D eigenvalue weighted by Crippen LogP contribution is -2.31. The van der Waals surface area contributed by atoms with Gasteiger partial charge in [-0.05, 0) is 42.0 Å². The van der Waals surface area contributed by atoms with Crippen LogP contribution >= 0.6 is 0 Å². The summed E-state index contributed by atoms with van der Waals surface area (Å²) in [6, 6.07) is 14.3. The van der Waals surface area contributed by atoms with Crippen LogP contribution in [-0.2, 0) is 14.3 Å². The highest BCUT2D eigenvalue weighted by atomic mass is 16.5. The van der Waals surface area contributed by atoms with Gasteiger partial charge in [0.25, 0.3) is 11.7 Å². The van der Waals surface area contributed by atoms with Crippen LogP contribution in [0.25, 0.3) is 5.76 Å². The van der Waals surface area contributed by atoms with Crippen molar-refractivity contribution in [3.63, 3.8) is 0 Å². The fourth-order valence-corrected chi connectivity index (χ4v) is 4.12. The SMILES string of the molecule is CCCCOc1cccc(C(O)=C2C(=O)C(=O)N(CCCOC)C2c2ccc(C(C)C)cc2)c1. The van der Waals surface area contributed by atoms with Crippen molar-refractivity contribution in [2.75, 3.05) is 26.9 Å². The van der Waals surface area contributed by atoms with Crippen LogP contribution in [0.3, 0.4) is 0 Å². The summed E-state index contributed by atoms with van der Waals surface area (Å²) in [5.74, 6) is -0.496. The molecule has 6 heteroatoms. The highest BCUT2D eigenvalue weighted by Crippen LogP contribution is 2.40. The van der Waals surface area contributed by atoms with Crippen molar-refractivity contribution < 1.29 is 24.2 Å². The van der Waals surface area contributed by atoms with Gasteiger partial charge in [-0.1, -0.05) is 63.6 Å². The third-order valence-electron chi connectivity index (χ3n) is 6.08. The zero-order valence-corrected chi connectivity index (χ0v) is 20.5. The van der Waals surface area contributed by atoms with E-state index in [1.807, 2.05) is 30.3 Å². The van der Waals surface area contributed by atoms with Crippen LogP contribution in [0.4, 0.5) is 0 Å². The Labute approximate surface area is 202 Å². The van der Waals surface area contributed by atoms with E-state index in [2.05, 4.69) is 20.8 Å². The number of ether oxygens (including phenoxy) is 2. The molecule has 1 N–H and O–H groups in total. The lowest BCUT2D eigenvalue weighted by molar-refractivity contribution is -0.140. The van der Waals surface area contributed by atoms with Gasteiger partial charge in [0.2, 0.25) is 0 Å². The molecule has 0 bridgehead atoms. The zero-order chi connectivity index (χ0) is 24.7. The van der Waals surface area contributed by atoms with Gasteiger partial charge in [-0.15, -0.1) is 0 Å². The maximum atomic E-state index is 13.1. The number of aliphatic hydroxyl groups excluding tert-OH is 1. The minimum Gasteiger partial charge on any atom is -0.507 e. The van der Waals surface area contributed by atoms with Crippen molar-refractivity contribution in [1.82, 2.24) is 4.90 Å². The van der Waals surface area contributed by atoms with E-state index in [1.54, 1.807) is 30.2 Å². The highest BCUT2D eigenvalue weighted by Gasteiger charge is 2.45. The van der Waals surface area contributed by atoms with E-state index in [1.165, 1.54) is 0 Å². The molecule has 1 aliphatic heterocycles. The summed E-state index contributed by atoms with van der Waals surface area (Å²) in [4.78, 5) is 27.7. The number of nitrogens with zero attached hydrogens (tertiary/aromatic N) is 1. The Morgan fingerprint density at radius 3 is 2.44 bits per heavy atom. The Balaban J connectivity index is 2.04. The predicted molar refractivity (Wildman–Crippen MR) is 133 cm³/mol. The number of benzene rings is 2. The number of rotatable bonds is 11. The molecule has 3 rings (SSSR count). The molecule has 0 aromatic heterocycles. The number of hydrogen-bond donors (Lipinski definition) is 1. The van der Waals surface area contributed by atoms with E-state index in [0.29, 0.717) is 43.4 Å². The normalized spacial score (nSPS) is 17.6. The molecule has 6 nitrogen and oxygen atoms in total. The lowest BCUT2D eigenvalue weighted by atomic mass is 9.93. The molecule has 1 atom stereocenters. The first-order valence-corrected chi connectivity index (χ1v) is 12.0. The Kier molecular flexibility index (Phi) is 8.88. The van der Waals surface area contributed by atoms with Gasteiger partial charge in [-0.25, -0.2) is 0 Å². The lowest BCUT2D eigenvalue weighted by Gasteiger charge is -2.25. The molecule has 1 fully saturated rings. The topological polar surface area (TPSA) is 76.1 Å². The molecule has 182 valence electrons. The zero-order valence-electron chi connectivity index (χ0n) is 20.5. The summed E-state index contributed by atoms with van der Waals surface area (Å²) in [6.45, 7) is 7.71. The number of ketones is 1. The number of Topliss-reactive ketones (excluding diaryl/α,β-unsaturated/α-hetero) is 1. The molecule has 1 saturated heterocycles. The van der Waals surface area contributed by atoms with Gasteiger partial charge in [-0.3, -0.25) is 9.59 Å². The van der Waals surface area contributed by atoms with Gasteiger partial charge in [-0.2, -0.15) is 0 Å². The van der Waals surface area contributed by atoms with Crippen LogP contribution in [0.2, 0.25) is 0 Å². The average molecular weight is 466 g/mol. The molecule has 2 aromatic rings. The molecular weight excluding hydrogens is 430 g/mol. The molecule has 0 saturated carbocycles. The van der Waals surface area contributed by atoms with Crippen molar-refractivity contribution in [2.45, 2.75) is 52.0 Å². The Hall–Kier alpha value is -3.12. The maximum absolute atomic E-state index is 13.1. The fourth-order valence-electron chi connectivity index (χ4n) is 4.12. The first kappa shape index (κ1) is 25.5. The standard InChI is InChI=1S/C28H35NO5/c1-5-6-17-34-23-10-7-9-22(18-23)26(30)24-25(21-13-11-20(12-14-21)19(2)3)29(15-8-16-33-4)28(32)27(24)31/h7,9-14,18-19,25,30H,5-6,8,15-17H2,1-4H3. The van der Waals surface area contributed by atoms with Gasteiger partial charge in [0.05, 0.1) is 18.2 Å². The largest absolute Gasteiger partial charge is 0.507 e. The molecular formula is C28H35NO5. The second-order valence-electron chi connectivity index (χ2n) is 8.89. The van der Waals surface area contributed by atoms with Gasteiger partial charge in [0.15, 0.2) is 0 Å². The summed E-state index contributed by atoms with van der Waals surface area (Å²) < 4.78 is 10.9. The van der Waals surface area contributed by atoms with E-state index in [-0.39, 0.29) is 11.3 Å². The Morgan fingerprint density at radius 1 is 1.06 bits per heavy atom. The number of methoxy groups -OCH3 is 1. The second kappa shape index (κ2) is 11.8. The van der Waals surface area contributed by atoms with E-state index in [0.717, 1.165) is 24.0 Å². The number of carbonyl (C=O) groups is 2. The van der Waals surface area contributed by atoms with Crippen LogP contribution in [0.15, 0.2) is 54.1 Å². The van der Waals surface area contributed by atoms with E-state index < -0.39 is 17.7 Å². The quantitative estimate of drug-likeness (QED) is 0.207. The fraction of sp³-hybridized carbons (Fsp3) is 0.429. The summed E-state index contributed by atoms with van der Waals surface area (Å²) in [5.41, 5.74) is 2.51. The Morgan fingerprint density at radius 2 is 1.79 bits per heavy atom. The molecule has 1 unspecified atom stereocenters. The van der Waals surface area contributed by atoms with Gasteiger partial charge in [0.1, 0.15) is 11.5 Å². The van der Waals surface area contributed by atoms with Crippen LogP contribution in [0.1, 0.15) is 68.7 Å². The van der Waals surface area contributed by atoms with E-state index in [9.17, 15) is 14.7 Å². The number of amides is 1. The monoisotopic (exact) mass is 465 g/mol. The van der Waals surface area contributed by atoms with Crippen molar-refractivity contribution in [1.29, 1.82) is 0 Å². The molecule has 1 heterocycles. The molecule has 0 aliphatic carbocycles. The van der Waals surface area contributed by atoms with Crippen molar-refractivity contribution in [3.05, 3.63) is 70.8 Å². The van der Waals surface area contributed by atoms with Crippen LogP contribution in [0, 0.1) is 0 Å². The number of aliphatic hydroxyl groups is 1. The van der Waals surface area contributed by atoms with Gasteiger partial charge < -0.3 is 19.5 Å². The third-order valence-corrected chi connectivity index (χ3v) is 6.08. The van der Waals surface area contributed by atoms with Gasteiger partial charge in [0, 0.05) is 25.8 Å². The first-order valence-electron chi connectivity index (χ1n) is 12.0. The molecule has 1 amide bonds. The summed E-state index contributed by atoms with van der Waals surface area (Å²) in [6.07, 6.45) is 2.53. The number of carbonyl (C=O) groups excluding carboxylic acids is 2. The second-order valence-corrected chi connectivity index (χ2v) is 8.89. The molecule has 2 aromatic carbocycles. The van der Waals surface area contributed by atoms with Gasteiger partial charge >= 0.3 is 0 Å². The number of unbranched alkanes of at least 4 members (excludes halogenated alkanes) is 1. The summed E-state index contributed by atoms with van der Waals surface area (Å²) >= 11 is 0. The molecule has 0 spiro atoms. The third kappa shape index (κ3) is 5.68. The highest BCUT2D eigenvalue weighted by molar-refractivity contribution is 6.46. The minimum absolute atomic E-state index is 0.102. The minimum atomic E-state index is -0.676. The van der Waals surface area contributed by atoms with Crippen molar-refractivity contribution in [3.8, 4) is 5.75 Å². The number of hydrogen-bond acceptors (Lipinski definition) is 5. The van der Waals surface area contributed by atoms with Crippen LogP contribution < -0.4 is 4.74 Å². The molecule has 0 radical (unpaired) electrons. The average Bonchev–Trinajstić information content (AvgIpc) is 3.09. The van der Waals surface area contributed by atoms with Crippen LogP contribution in [0.5, 0.6) is 5.75 Å². The summed E-state index contributed by atoms with van der Waals surface area (Å²) in [5, 5.41) is 11.3. The molecule has 1 aliphatic rings.